The van der Waals surface area contributed by atoms with Crippen LogP contribution in [-0.2, 0) is 11.2 Å². The van der Waals surface area contributed by atoms with Crippen molar-refractivity contribution in [2.24, 2.45) is 0 Å². The number of hydrogen-bond acceptors (Lipinski definition) is 4. The van der Waals surface area contributed by atoms with Gasteiger partial charge in [0.1, 0.15) is 5.01 Å². The highest BCUT2D eigenvalue weighted by atomic mass is 32.1. The summed E-state index contributed by atoms with van der Waals surface area (Å²) in [6.07, 6.45) is 2.66. The topological polar surface area (TPSA) is 42.0 Å². The molecule has 0 aliphatic heterocycles. The summed E-state index contributed by atoms with van der Waals surface area (Å²) in [4.78, 5) is 17.3. The van der Waals surface area contributed by atoms with Crippen LogP contribution in [-0.4, -0.2) is 16.9 Å². The lowest BCUT2D eigenvalue weighted by Gasteiger charge is -1.99. The summed E-state index contributed by atoms with van der Waals surface area (Å²) >= 11 is 3.28. The number of amides is 1. The molecule has 88 valence electrons. The molecule has 3 rings (SSSR count). The molecule has 0 aromatic carbocycles. The predicted octanol–water partition coefficient (Wildman–Crippen LogP) is 2.69. The molecule has 1 amide bonds. The van der Waals surface area contributed by atoms with Crippen LogP contribution in [0.3, 0.4) is 0 Å². The molecule has 0 radical (unpaired) electrons. The van der Waals surface area contributed by atoms with Gasteiger partial charge >= 0.3 is 0 Å². The third-order valence-corrected chi connectivity index (χ3v) is 4.50. The van der Waals surface area contributed by atoms with Crippen molar-refractivity contribution in [3.63, 3.8) is 0 Å². The molecule has 0 saturated heterocycles. The first-order valence-corrected chi connectivity index (χ1v) is 7.35. The van der Waals surface area contributed by atoms with Gasteiger partial charge in [-0.3, -0.25) is 4.79 Å². The Morgan fingerprint density at radius 2 is 2.35 bits per heavy atom. The van der Waals surface area contributed by atoms with Crippen LogP contribution in [0.5, 0.6) is 0 Å². The van der Waals surface area contributed by atoms with Gasteiger partial charge in [0.2, 0.25) is 5.91 Å². The van der Waals surface area contributed by atoms with Gasteiger partial charge in [0.05, 0.1) is 17.0 Å². The average Bonchev–Trinajstić information content (AvgIpc) is 2.84. The molecule has 2 aromatic rings. The second-order valence-electron chi connectivity index (χ2n) is 4.14. The number of thiophene rings is 1. The fourth-order valence-electron chi connectivity index (χ4n) is 1.57. The lowest BCUT2D eigenvalue weighted by molar-refractivity contribution is -0.120. The smallest absolute Gasteiger partial charge is 0.226 e. The van der Waals surface area contributed by atoms with Crippen molar-refractivity contribution in [3.05, 3.63) is 28.6 Å². The molecule has 5 heteroatoms. The second-order valence-corrected chi connectivity index (χ2v) is 5.95. The highest BCUT2D eigenvalue weighted by molar-refractivity contribution is 7.20. The maximum Gasteiger partial charge on any atom is 0.226 e. The van der Waals surface area contributed by atoms with Gasteiger partial charge in [0.15, 0.2) is 0 Å². The molecule has 1 fully saturated rings. The van der Waals surface area contributed by atoms with Crippen LogP contribution < -0.4 is 5.32 Å². The number of hydrogen-bond donors (Lipinski definition) is 1. The van der Waals surface area contributed by atoms with Gasteiger partial charge in [-0.2, -0.15) is 0 Å². The van der Waals surface area contributed by atoms with Gasteiger partial charge in [0, 0.05) is 11.4 Å². The molecule has 0 unspecified atom stereocenters. The Morgan fingerprint density at radius 1 is 1.47 bits per heavy atom. The first kappa shape index (κ1) is 10.9. The van der Waals surface area contributed by atoms with Crippen LogP contribution in [0.4, 0.5) is 0 Å². The van der Waals surface area contributed by atoms with E-state index in [0.717, 1.165) is 23.5 Å². The first-order chi connectivity index (χ1) is 8.31. The van der Waals surface area contributed by atoms with Crippen LogP contribution in [0.2, 0.25) is 0 Å². The first-order valence-electron chi connectivity index (χ1n) is 5.59. The molecule has 1 saturated carbocycles. The molecule has 1 N–H and O–H groups in total. The molecule has 0 atom stereocenters. The maximum absolute atomic E-state index is 11.6. The Morgan fingerprint density at radius 3 is 3.06 bits per heavy atom. The fraction of sp³-hybridized carbons (Fsp3) is 0.333. The highest BCUT2D eigenvalue weighted by Gasteiger charge is 2.23. The molecule has 17 heavy (non-hydrogen) atoms. The van der Waals surface area contributed by atoms with E-state index in [0.29, 0.717) is 12.5 Å². The zero-order valence-electron chi connectivity index (χ0n) is 9.18. The Bertz CT molecular complexity index is 514. The van der Waals surface area contributed by atoms with Gasteiger partial charge in [-0.1, -0.05) is 6.07 Å². The SMILES string of the molecule is O=C(Cc1csc(-c2cccs2)n1)NC1CC1. The zero-order valence-corrected chi connectivity index (χ0v) is 10.8. The van der Waals surface area contributed by atoms with Crippen LogP contribution in [0, 0.1) is 0 Å². The van der Waals surface area contributed by atoms with Crippen LogP contribution >= 0.6 is 22.7 Å². The number of carbonyl (C=O) groups is 1. The summed E-state index contributed by atoms with van der Waals surface area (Å²) in [5, 5.41) is 7.99. The van der Waals surface area contributed by atoms with Gasteiger partial charge in [-0.05, 0) is 24.3 Å². The molecular formula is C12H12N2OS2. The Hall–Kier alpha value is -1.20. The van der Waals surface area contributed by atoms with Crippen LogP contribution in [0.25, 0.3) is 9.88 Å². The predicted molar refractivity (Wildman–Crippen MR) is 70.3 cm³/mol. The van der Waals surface area contributed by atoms with Crippen molar-refractivity contribution < 1.29 is 4.79 Å². The summed E-state index contributed by atoms with van der Waals surface area (Å²) in [5.41, 5.74) is 0.872. The standard InChI is InChI=1S/C12H12N2OS2/c15-11(13-8-3-4-8)6-9-7-17-12(14-9)10-2-1-5-16-10/h1-2,5,7-8H,3-4,6H2,(H,13,15). The van der Waals surface area contributed by atoms with E-state index in [-0.39, 0.29) is 5.91 Å². The number of nitrogens with zero attached hydrogens (tertiary/aromatic N) is 1. The van der Waals surface area contributed by atoms with Crippen molar-refractivity contribution in [3.8, 4) is 9.88 Å². The van der Waals surface area contributed by atoms with Crippen molar-refractivity contribution in [2.45, 2.75) is 25.3 Å². The van der Waals surface area contributed by atoms with Crippen LogP contribution in [0.15, 0.2) is 22.9 Å². The minimum atomic E-state index is 0.0931. The van der Waals surface area contributed by atoms with E-state index in [2.05, 4.69) is 16.4 Å². The summed E-state index contributed by atoms with van der Waals surface area (Å²) in [5.74, 6) is 0.0931. The van der Waals surface area contributed by atoms with Crippen molar-refractivity contribution in [2.75, 3.05) is 0 Å². The molecule has 0 bridgehead atoms. The number of aromatic nitrogens is 1. The average molecular weight is 264 g/mol. The molecule has 1 aliphatic carbocycles. The van der Waals surface area contributed by atoms with Gasteiger partial charge in [0.25, 0.3) is 0 Å². The van der Waals surface area contributed by atoms with Gasteiger partial charge in [-0.25, -0.2) is 4.98 Å². The fourth-order valence-corrected chi connectivity index (χ4v) is 3.21. The number of thiazole rings is 1. The molecule has 3 nitrogen and oxygen atoms in total. The molecule has 0 spiro atoms. The van der Waals surface area contributed by atoms with E-state index < -0.39 is 0 Å². The molecule has 2 aromatic heterocycles. The van der Waals surface area contributed by atoms with Crippen molar-refractivity contribution in [1.29, 1.82) is 0 Å². The molecule has 2 heterocycles. The Balaban J connectivity index is 1.65. The lowest BCUT2D eigenvalue weighted by Crippen LogP contribution is -2.27. The zero-order chi connectivity index (χ0) is 11.7. The van der Waals surface area contributed by atoms with Crippen molar-refractivity contribution in [1.82, 2.24) is 10.3 Å². The third-order valence-electron chi connectivity index (χ3n) is 2.57. The number of nitrogens with one attached hydrogen (secondary N) is 1. The Kier molecular flexibility index (Phi) is 2.94. The number of rotatable bonds is 4. The van der Waals surface area contributed by atoms with E-state index in [4.69, 9.17) is 0 Å². The normalized spacial score (nSPS) is 14.8. The maximum atomic E-state index is 11.6. The summed E-state index contributed by atoms with van der Waals surface area (Å²) in [6, 6.07) is 4.50. The minimum absolute atomic E-state index is 0.0931. The summed E-state index contributed by atoms with van der Waals surface area (Å²) in [7, 11) is 0. The third kappa shape index (κ3) is 2.73. The van der Waals surface area contributed by atoms with Crippen LogP contribution in [0.1, 0.15) is 18.5 Å². The quantitative estimate of drug-likeness (QED) is 0.922. The van der Waals surface area contributed by atoms with E-state index in [9.17, 15) is 4.79 Å². The number of carbonyl (C=O) groups excluding carboxylic acids is 1. The monoisotopic (exact) mass is 264 g/mol. The largest absolute Gasteiger partial charge is 0.353 e. The van der Waals surface area contributed by atoms with E-state index >= 15 is 0 Å². The lowest BCUT2D eigenvalue weighted by atomic mass is 10.3. The van der Waals surface area contributed by atoms with E-state index in [1.54, 1.807) is 22.7 Å². The van der Waals surface area contributed by atoms with E-state index in [1.165, 1.54) is 4.88 Å². The highest BCUT2D eigenvalue weighted by Crippen LogP contribution is 2.28. The molecular weight excluding hydrogens is 252 g/mol. The van der Waals surface area contributed by atoms with Gasteiger partial charge < -0.3 is 5.32 Å². The minimum Gasteiger partial charge on any atom is -0.353 e. The second kappa shape index (κ2) is 4.58. The summed E-state index contributed by atoms with van der Waals surface area (Å²) < 4.78 is 0. The Labute approximate surface area is 108 Å². The van der Waals surface area contributed by atoms with Gasteiger partial charge in [-0.15, -0.1) is 22.7 Å². The molecule has 1 aliphatic rings. The summed E-state index contributed by atoms with van der Waals surface area (Å²) in [6.45, 7) is 0. The van der Waals surface area contributed by atoms with E-state index in [1.807, 2.05) is 16.8 Å². The van der Waals surface area contributed by atoms with Crippen molar-refractivity contribution >= 4 is 28.6 Å².